The van der Waals surface area contributed by atoms with Crippen molar-refractivity contribution in [2.45, 2.75) is 12.8 Å². The Labute approximate surface area is 117 Å². The highest BCUT2D eigenvalue weighted by Crippen LogP contribution is 2.24. The maximum Gasteiger partial charge on any atom is 0.256 e. The molecule has 6 nitrogen and oxygen atoms in total. The number of nitrogens with two attached hydrogens (primary N) is 2. The quantitative estimate of drug-likeness (QED) is 0.791. The Morgan fingerprint density at radius 1 is 1.40 bits per heavy atom. The van der Waals surface area contributed by atoms with Gasteiger partial charge < -0.3 is 21.1 Å². The Morgan fingerprint density at radius 2 is 2.15 bits per heavy atom. The first kappa shape index (κ1) is 14.2. The van der Waals surface area contributed by atoms with Crippen molar-refractivity contribution in [2.24, 2.45) is 11.7 Å². The number of nitrogen functional groups attached to an aromatic ring is 1. The molecule has 0 aromatic heterocycles. The summed E-state index contributed by atoms with van der Waals surface area (Å²) in [4.78, 5) is 25.4. The van der Waals surface area contributed by atoms with Crippen LogP contribution in [0.2, 0.25) is 0 Å². The predicted octanol–water partition coefficient (Wildman–Crippen LogP) is 0.615. The van der Waals surface area contributed by atoms with Crippen LogP contribution in [0.3, 0.4) is 0 Å². The molecule has 1 atom stereocenters. The zero-order chi connectivity index (χ0) is 14.7. The summed E-state index contributed by atoms with van der Waals surface area (Å²) in [6, 6.07) is 4.96. The number of rotatable bonds is 3. The van der Waals surface area contributed by atoms with Crippen LogP contribution in [0.5, 0.6) is 5.75 Å². The summed E-state index contributed by atoms with van der Waals surface area (Å²) < 4.78 is 5.11. The van der Waals surface area contributed by atoms with E-state index < -0.39 is 0 Å². The van der Waals surface area contributed by atoms with Gasteiger partial charge in [0, 0.05) is 18.8 Å². The van der Waals surface area contributed by atoms with E-state index in [1.807, 2.05) is 0 Å². The highest BCUT2D eigenvalue weighted by Gasteiger charge is 2.28. The highest BCUT2D eigenvalue weighted by atomic mass is 16.5. The molecule has 1 fully saturated rings. The Kier molecular flexibility index (Phi) is 4.12. The maximum absolute atomic E-state index is 12.5. The van der Waals surface area contributed by atoms with Crippen LogP contribution < -0.4 is 16.2 Å². The summed E-state index contributed by atoms with van der Waals surface area (Å²) in [7, 11) is 1.53. The molecule has 6 heteroatoms. The zero-order valence-corrected chi connectivity index (χ0v) is 11.5. The van der Waals surface area contributed by atoms with Crippen molar-refractivity contribution >= 4 is 17.5 Å². The average molecular weight is 277 g/mol. The van der Waals surface area contributed by atoms with Gasteiger partial charge in [0.2, 0.25) is 5.91 Å². The summed E-state index contributed by atoms with van der Waals surface area (Å²) in [6.45, 7) is 0.962. The van der Waals surface area contributed by atoms with Crippen LogP contribution in [0.25, 0.3) is 0 Å². The number of ether oxygens (including phenoxy) is 1. The Hall–Kier alpha value is -2.24. The summed E-state index contributed by atoms with van der Waals surface area (Å²) in [6.07, 6.45) is 1.50. The van der Waals surface area contributed by atoms with Crippen molar-refractivity contribution in [3.63, 3.8) is 0 Å². The third-order valence-corrected chi connectivity index (χ3v) is 3.60. The molecule has 2 rings (SSSR count). The molecule has 1 heterocycles. The lowest BCUT2D eigenvalue weighted by Crippen LogP contribution is -2.44. The van der Waals surface area contributed by atoms with Gasteiger partial charge in [-0.3, -0.25) is 9.59 Å². The van der Waals surface area contributed by atoms with Crippen molar-refractivity contribution < 1.29 is 14.3 Å². The zero-order valence-electron chi connectivity index (χ0n) is 11.5. The molecule has 1 aliphatic rings. The molecule has 1 saturated heterocycles. The number of hydrogen-bond acceptors (Lipinski definition) is 4. The summed E-state index contributed by atoms with van der Waals surface area (Å²) >= 11 is 0. The highest BCUT2D eigenvalue weighted by molar-refractivity contribution is 5.99. The Morgan fingerprint density at radius 3 is 2.80 bits per heavy atom. The topological polar surface area (TPSA) is 98.7 Å². The fraction of sp³-hybridized carbons (Fsp3) is 0.429. The fourth-order valence-electron chi connectivity index (χ4n) is 2.41. The summed E-state index contributed by atoms with van der Waals surface area (Å²) in [5.74, 6) is -0.251. The monoisotopic (exact) mass is 277 g/mol. The van der Waals surface area contributed by atoms with Crippen LogP contribution in [0.15, 0.2) is 18.2 Å². The third-order valence-electron chi connectivity index (χ3n) is 3.60. The lowest BCUT2D eigenvalue weighted by molar-refractivity contribution is -0.123. The minimum atomic E-state index is -0.360. The van der Waals surface area contributed by atoms with E-state index in [0.717, 1.165) is 12.8 Å². The second kappa shape index (κ2) is 5.81. The van der Waals surface area contributed by atoms with Gasteiger partial charge in [-0.05, 0) is 31.0 Å². The number of primary amides is 1. The molecule has 108 valence electrons. The smallest absolute Gasteiger partial charge is 0.256 e. The van der Waals surface area contributed by atoms with Crippen molar-refractivity contribution in [2.75, 3.05) is 25.9 Å². The predicted molar refractivity (Wildman–Crippen MR) is 75.2 cm³/mol. The number of benzene rings is 1. The van der Waals surface area contributed by atoms with Crippen LogP contribution in [0.1, 0.15) is 23.2 Å². The minimum absolute atomic E-state index is 0.188. The molecule has 4 N–H and O–H groups in total. The standard InChI is InChI=1S/C14H19N3O3/c1-20-10-4-5-12(15)11(7-10)14(19)17-6-2-3-9(8-17)13(16)18/h4-5,7,9H,2-3,6,8,15H2,1H3,(H2,16,18). The second-order valence-electron chi connectivity index (χ2n) is 4.95. The number of nitrogens with zero attached hydrogens (tertiary/aromatic N) is 1. The minimum Gasteiger partial charge on any atom is -0.497 e. The van der Waals surface area contributed by atoms with E-state index in [1.54, 1.807) is 23.1 Å². The van der Waals surface area contributed by atoms with E-state index >= 15 is 0 Å². The third kappa shape index (κ3) is 2.84. The van der Waals surface area contributed by atoms with Crippen molar-refractivity contribution in [1.82, 2.24) is 4.90 Å². The maximum atomic E-state index is 12.5. The van der Waals surface area contributed by atoms with Crippen molar-refractivity contribution in [3.05, 3.63) is 23.8 Å². The molecule has 20 heavy (non-hydrogen) atoms. The molecule has 2 amide bonds. The molecule has 0 aliphatic carbocycles. The normalized spacial score (nSPS) is 18.6. The van der Waals surface area contributed by atoms with Crippen LogP contribution in [-0.4, -0.2) is 36.9 Å². The fourth-order valence-corrected chi connectivity index (χ4v) is 2.41. The van der Waals surface area contributed by atoms with Gasteiger partial charge in [-0.15, -0.1) is 0 Å². The van der Waals surface area contributed by atoms with Gasteiger partial charge in [0.15, 0.2) is 0 Å². The first-order valence-electron chi connectivity index (χ1n) is 6.55. The number of anilines is 1. The lowest BCUT2D eigenvalue weighted by Gasteiger charge is -2.31. The number of carbonyl (C=O) groups excluding carboxylic acids is 2. The lowest BCUT2D eigenvalue weighted by atomic mass is 9.96. The Balaban J connectivity index is 2.20. The van der Waals surface area contributed by atoms with Crippen LogP contribution in [-0.2, 0) is 4.79 Å². The first-order valence-corrected chi connectivity index (χ1v) is 6.55. The SMILES string of the molecule is COc1ccc(N)c(C(=O)N2CCCC(C(N)=O)C2)c1. The number of methoxy groups -OCH3 is 1. The molecule has 1 aliphatic heterocycles. The number of amides is 2. The molecule has 1 aromatic rings. The van der Waals surface area contributed by atoms with Gasteiger partial charge in [-0.1, -0.05) is 0 Å². The van der Waals surface area contributed by atoms with E-state index in [2.05, 4.69) is 0 Å². The number of hydrogen-bond donors (Lipinski definition) is 2. The van der Waals surface area contributed by atoms with Gasteiger partial charge in [-0.25, -0.2) is 0 Å². The van der Waals surface area contributed by atoms with Gasteiger partial charge in [0.1, 0.15) is 5.75 Å². The number of piperidine rings is 1. The largest absolute Gasteiger partial charge is 0.497 e. The molecule has 0 saturated carbocycles. The average Bonchev–Trinajstić information content (AvgIpc) is 2.47. The second-order valence-corrected chi connectivity index (χ2v) is 4.95. The Bertz CT molecular complexity index is 530. The van der Waals surface area contributed by atoms with E-state index in [0.29, 0.717) is 30.1 Å². The van der Waals surface area contributed by atoms with Crippen LogP contribution in [0.4, 0.5) is 5.69 Å². The van der Waals surface area contributed by atoms with Crippen molar-refractivity contribution in [1.29, 1.82) is 0 Å². The van der Waals surface area contributed by atoms with Gasteiger partial charge in [-0.2, -0.15) is 0 Å². The van der Waals surface area contributed by atoms with E-state index in [9.17, 15) is 9.59 Å². The molecule has 0 spiro atoms. The van der Waals surface area contributed by atoms with Gasteiger partial charge in [0.25, 0.3) is 5.91 Å². The van der Waals surface area contributed by atoms with Crippen molar-refractivity contribution in [3.8, 4) is 5.75 Å². The van der Waals surface area contributed by atoms with Gasteiger partial charge >= 0.3 is 0 Å². The van der Waals surface area contributed by atoms with E-state index in [1.165, 1.54) is 7.11 Å². The van der Waals surface area contributed by atoms with Gasteiger partial charge in [0.05, 0.1) is 18.6 Å². The first-order chi connectivity index (χ1) is 9.52. The van der Waals surface area contributed by atoms with E-state index in [4.69, 9.17) is 16.2 Å². The van der Waals surface area contributed by atoms with Crippen LogP contribution in [0, 0.1) is 5.92 Å². The van der Waals surface area contributed by atoms with Crippen LogP contribution >= 0.6 is 0 Å². The molecule has 0 radical (unpaired) electrons. The molecular formula is C14H19N3O3. The molecule has 0 bridgehead atoms. The molecule has 1 unspecified atom stereocenters. The number of likely N-dealkylation sites (tertiary alicyclic amines) is 1. The number of carbonyl (C=O) groups is 2. The summed E-state index contributed by atoms with van der Waals surface area (Å²) in [5, 5.41) is 0. The summed E-state index contributed by atoms with van der Waals surface area (Å²) in [5.41, 5.74) is 12.0. The molecule has 1 aromatic carbocycles. The van der Waals surface area contributed by atoms with E-state index in [-0.39, 0.29) is 17.7 Å². The molecular weight excluding hydrogens is 258 g/mol.